The van der Waals surface area contributed by atoms with E-state index in [-0.39, 0.29) is 78.2 Å². The topological polar surface area (TPSA) is 181 Å². The number of aromatic hydroxyl groups is 1. The van der Waals surface area contributed by atoms with Gasteiger partial charge < -0.3 is 35.7 Å². The molecule has 0 unspecified atom stereocenters. The van der Waals surface area contributed by atoms with Gasteiger partial charge >= 0.3 is 29.6 Å². The van der Waals surface area contributed by atoms with Crippen LogP contribution in [0.15, 0.2) is 83.4 Å². The first-order chi connectivity index (χ1) is 23.6. The zero-order valence-electron chi connectivity index (χ0n) is 27.9. The Morgan fingerprint density at radius 2 is 1.76 bits per heavy atom. The number of rotatable bonds is 3. The number of ether oxygens (including phenoxy) is 2. The van der Waals surface area contributed by atoms with E-state index < -0.39 is 33.6 Å². The zero-order valence-corrected chi connectivity index (χ0v) is 30.8. The molecular weight excluding hydrogens is 665 g/mol. The van der Waals surface area contributed by atoms with Crippen molar-refractivity contribution in [2.45, 2.75) is 68.1 Å². The molecular formula is C38H40N3NaO7S. The van der Waals surface area contributed by atoms with Crippen LogP contribution >= 0.6 is 0 Å². The van der Waals surface area contributed by atoms with Crippen molar-refractivity contribution in [3.05, 3.63) is 106 Å². The van der Waals surface area contributed by atoms with Gasteiger partial charge in [0.05, 0.1) is 21.5 Å². The summed E-state index contributed by atoms with van der Waals surface area (Å²) in [5.74, 6) is 5.72. The Morgan fingerprint density at radius 1 is 1.02 bits per heavy atom. The minimum atomic E-state index is -4.77. The average molecular weight is 706 g/mol. The van der Waals surface area contributed by atoms with Crippen LogP contribution in [0.25, 0.3) is 0 Å². The van der Waals surface area contributed by atoms with Crippen molar-refractivity contribution in [2.75, 3.05) is 6.61 Å². The summed E-state index contributed by atoms with van der Waals surface area (Å²) in [6.07, 6.45) is 3.11. The largest absolute Gasteiger partial charge is 1.00 e. The van der Waals surface area contributed by atoms with E-state index in [9.17, 15) is 23.2 Å². The molecule has 0 spiro atoms. The van der Waals surface area contributed by atoms with Crippen molar-refractivity contribution in [3.8, 4) is 23.3 Å². The number of phenolic OH excluding ortho intramolecular Hbond substituents is 1. The van der Waals surface area contributed by atoms with Gasteiger partial charge in [-0.05, 0) is 96.7 Å². The van der Waals surface area contributed by atoms with Crippen LogP contribution in [-0.2, 0) is 21.3 Å². The maximum absolute atomic E-state index is 13.3. The molecule has 6 heterocycles. The van der Waals surface area contributed by atoms with Gasteiger partial charge in [0.2, 0.25) is 6.23 Å². The summed E-state index contributed by atoms with van der Waals surface area (Å²) >= 11 is 0. The van der Waals surface area contributed by atoms with E-state index in [0.717, 1.165) is 22.3 Å². The number of fused-ring (bicyclic) bond motifs is 7. The van der Waals surface area contributed by atoms with Crippen LogP contribution < -0.4 is 45.8 Å². The molecule has 8 atom stereocenters. The molecule has 1 fully saturated rings. The molecule has 10 rings (SSSR count). The molecule has 6 aliphatic heterocycles. The smallest absolute Gasteiger partial charge is 0.748 e. The first kappa shape index (κ1) is 36.5. The number of aliphatic hydroxyl groups is 1. The van der Waals surface area contributed by atoms with Gasteiger partial charge in [-0.3, -0.25) is 0 Å². The van der Waals surface area contributed by atoms with Crippen molar-refractivity contribution < 1.29 is 62.2 Å². The molecule has 7 aliphatic rings. The third kappa shape index (κ3) is 7.77. The van der Waals surface area contributed by atoms with Crippen LogP contribution in [0.3, 0.4) is 0 Å². The number of phenols is 1. The van der Waals surface area contributed by atoms with Crippen molar-refractivity contribution >= 4 is 16.1 Å². The second-order valence-corrected chi connectivity index (χ2v) is 15.2. The van der Waals surface area contributed by atoms with Crippen LogP contribution in [0.5, 0.6) is 11.5 Å². The Balaban J connectivity index is 0.00000432. The standard InChI is InChI=1S/C38H41N3O7S.Na/c39-38(40)41-37-25-9-7-24(8-10-25)35-27-17-28(20-33(35)34(49(44,45)46)15-6-22-4-12-30(48-37)13-5-22)36-32-14-11-29(43)18-26(32)3-1-2-23(21-42)16-31(19-27)47-36;/h4-5,7-14,18,20,23,27,31,33-37,42-43H,2,6,15-17,19,21H2,(H4,39,40,41)(H,44,45,46);/q;+1/p-1/t23-,27+,31-,33+,34+,35+,36+,37+;/m0./s1. The van der Waals surface area contributed by atoms with Gasteiger partial charge in [-0.15, -0.1) is 0 Å². The number of nitrogens with zero attached hydrogens (tertiary/aromatic N) is 1. The number of aryl methyl sites for hydroxylation is 1. The van der Waals surface area contributed by atoms with Gasteiger partial charge in [0.1, 0.15) is 17.6 Å². The van der Waals surface area contributed by atoms with Gasteiger partial charge in [-0.2, -0.15) is 0 Å². The van der Waals surface area contributed by atoms with Crippen molar-refractivity contribution in [1.29, 1.82) is 0 Å². The fourth-order valence-electron chi connectivity index (χ4n) is 8.17. The molecule has 0 amide bonds. The Bertz CT molecular complexity index is 1940. The molecule has 12 heteroatoms. The average Bonchev–Trinajstić information content (AvgIpc) is 3.20. The summed E-state index contributed by atoms with van der Waals surface area (Å²) < 4.78 is 53.0. The maximum Gasteiger partial charge on any atom is 1.00 e. The molecule has 3 aromatic rings. The van der Waals surface area contributed by atoms with E-state index in [1.807, 2.05) is 48.5 Å². The van der Waals surface area contributed by atoms with E-state index in [4.69, 9.17) is 20.9 Å². The molecule has 6 N–H and O–H groups in total. The van der Waals surface area contributed by atoms with Crippen LogP contribution in [0.1, 0.15) is 78.2 Å². The van der Waals surface area contributed by atoms with Crippen molar-refractivity contribution in [2.24, 2.45) is 34.2 Å². The van der Waals surface area contributed by atoms with E-state index in [1.54, 1.807) is 24.3 Å². The van der Waals surface area contributed by atoms with E-state index in [2.05, 4.69) is 16.8 Å². The van der Waals surface area contributed by atoms with Gasteiger partial charge in [0.15, 0.2) is 5.96 Å². The molecule has 10 nitrogen and oxygen atoms in total. The van der Waals surface area contributed by atoms with E-state index >= 15 is 0 Å². The quantitative estimate of drug-likeness (QED) is 0.0785. The van der Waals surface area contributed by atoms with E-state index in [0.29, 0.717) is 49.0 Å². The Labute approximate surface area is 315 Å². The number of guanidine groups is 1. The molecule has 3 aromatic carbocycles. The summed E-state index contributed by atoms with van der Waals surface area (Å²) in [4.78, 5) is 4.33. The number of benzene rings is 3. The molecule has 8 bridgehead atoms. The number of nitrogens with two attached hydrogens (primary N) is 2. The van der Waals surface area contributed by atoms with Gasteiger partial charge in [-0.1, -0.05) is 60.4 Å². The van der Waals surface area contributed by atoms with Gasteiger partial charge in [-0.25, -0.2) is 13.4 Å². The molecule has 256 valence electrons. The summed E-state index contributed by atoms with van der Waals surface area (Å²) in [7, 11) is -4.77. The molecule has 1 aliphatic carbocycles. The first-order valence-electron chi connectivity index (χ1n) is 16.7. The number of aliphatic hydroxyl groups excluding tert-OH is 1. The Hall–Kier alpha value is -3.34. The van der Waals surface area contributed by atoms with Crippen molar-refractivity contribution in [3.63, 3.8) is 0 Å². The maximum atomic E-state index is 13.3. The number of hydrogen-bond acceptors (Lipinski definition) is 8. The molecule has 0 radical (unpaired) electrons. The van der Waals surface area contributed by atoms with E-state index in [1.165, 1.54) is 0 Å². The van der Waals surface area contributed by atoms with Crippen LogP contribution in [-0.4, -0.2) is 47.1 Å². The second-order valence-electron chi connectivity index (χ2n) is 13.6. The van der Waals surface area contributed by atoms with Crippen LogP contribution in [0.2, 0.25) is 0 Å². The molecule has 50 heavy (non-hydrogen) atoms. The summed E-state index contributed by atoms with van der Waals surface area (Å²) in [6.45, 7) is -0.0522. The molecule has 0 saturated carbocycles. The third-order valence-electron chi connectivity index (χ3n) is 10.4. The fraction of sp³-hybridized carbons (Fsp3) is 0.395. The molecule has 1 saturated heterocycles. The minimum Gasteiger partial charge on any atom is -0.748 e. The van der Waals surface area contributed by atoms with Crippen LogP contribution in [0.4, 0.5) is 0 Å². The summed E-state index contributed by atoms with van der Waals surface area (Å²) in [5, 5.41) is 19.4. The second kappa shape index (κ2) is 15.1. The van der Waals surface area contributed by atoms with Gasteiger partial charge in [0, 0.05) is 29.7 Å². The normalized spacial score (nSPS) is 28.6. The molecule has 0 aromatic heterocycles. The monoisotopic (exact) mass is 705 g/mol. The van der Waals surface area contributed by atoms with Gasteiger partial charge in [0.25, 0.3) is 0 Å². The number of allylic oxidation sites excluding steroid dienone is 1. The summed E-state index contributed by atoms with van der Waals surface area (Å²) in [5.41, 5.74) is 16.3. The Morgan fingerprint density at radius 3 is 2.46 bits per heavy atom. The minimum absolute atomic E-state index is 0. The predicted molar refractivity (Wildman–Crippen MR) is 183 cm³/mol. The fourth-order valence-corrected chi connectivity index (χ4v) is 9.21. The predicted octanol–water partition coefficient (Wildman–Crippen LogP) is 1.54. The third-order valence-corrected chi connectivity index (χ3v) is 11.7. The SMILES string of the molecule is NC(N)=N[C@@H]1Oc2ccc(cc2)CC[C@@H](S(=O)(=O)[O-])[C@H]2C=C3C[C@H](C[C@@H]4C[C@@H](CO)CC#Cc5cc(O)ccc5[C@@H]3O4)[C@H]2c2ccc1cc2.[Na+]. The zero-order chi connectivity index (χ0) is 34.3. The Kier molecular flexibility index (Phi) is 11.0. The number of hydrogen-bond donors (Lipinski definition) is 4. The number of aliphatic imine (C=N–C) groups is 1. The summed E-state index contributed by atoms with van der Waals surface area (Å²) in [6, 6.07) is 20.0. The van der Waals surface area contributed by atoms with Crippen molar-refractivity contribution in [1.82, 2.24) is 0 Å². The first-order valence-corrected chi connectivity index (χ1v) is 18.2. The van der Waals surface area contributed by atoms with Crippen LogP contribution in [0, 0.1) is 29.6 Å².